The molecule has 0 fully saturated rings. The first-order valence-electron chi connectivity index (χ1n) is 7.61. The van der Waals surface area contributed by atoms with Crippen LogP contribution in [0.5, 0.6) is 0 Å². The number of carbonyl (C=O) groups is 1. The highest BCUT2D eigenvalue weighted by atomic mass is 16.5. The number of ether oxygens (including phenoxy) is 2. The van der Waals surface area contributed by atoms with Crippen molar-refractivity contribution in [3.05, 3.63) is 0 Å². The molecule has 0 aliphatic carbocycles. The fourth-order valence-corrected chi connectivity index (χ4v) is 1.88. The summed E-state index contributed by atoms with van der Waals surface area (Å²) in [7, 11) is 0. The maximum absolute atomic E-state index is 11.0. The maximum Gasteiger partial charge on any atom is 0.233 e. The van der Waals surface area contributed by atoms with Crippen LogP contribution in [0, 0.1) is 0 Å². The van der Waals surface area contributed by atoms with Gasteiger partial charge in [0, 0.05) is 32.7 Å². The molecule has 0 aromatic carbocycles. The topological polar surface area (TPSA) is 76.8 Å². The van der Waals surface area contributed by atoms with Gasteiger partial charge in [-0.05, 0) is 33.2 Å². The highest BCUT2D eigenvalue weighted by Gasteiger charge is 2.05. The molecule has 0 aliphatic heterocycles. The van der Waals surface area contributed by atoms with Crippen molar-refractivity contribution in [1.82, 2.24) is 10.3 Å². The third kappa shape index (κ3) is 12.3. The van der Waals surface area contributed by atoms with Gasteiger partial charge in [-0.3, -0.25) is 15.1 Å². The van der Waals surface area contributed by atoms with E-state index in [2.05, 4.69) is 10.3 Å². The minimum atomic E-state index is -0.0884. The third-order valence-electron chi connectivity index (χ3n) is 3.05. The largest absolute Gasteiger partial charge is 0.380 e. The van der Waals surface area contributed by atoms with Gasteiger partial charge in [0.2, 0.25) is 5.91 Å². The van der Waals surface area contributed by atoms with Gasteiger partial charge < -0.3 is 9.47 Å². The van der Waals surface area contributed by atoms with Crippen molar-refractivity contribution in [2.45, 2.75) is 39.5 Å². The van der Waals surface area contributed by atoms with Gasteiger partial charge >= 0.3 is 0 Å². The Labute approximate surface area is 122 Å². The minimum absolute atomic E-state index is 0.0884. The Morgan fingerprint density at radius 1 is 1.00 bits per heavy atom. The first-order chi connectivity index (χ1) is 9.74. The third-order valence-corrected chi connectivity index (χ3v) is 3.05. The summed E-state index contributed by atoms with van der Waals surface area (Å²) in [5.74, 6) is 4.95. The first-order valence-corrected chi connectivity index (χ1v) is 7.61. The molecule has 0 saturated heterocycles. The van der Waals surface area contributed by atoms with Gasteiger partial charge in [0.05, 0.1) is 13.2 Å². The molecule has 0 aliphatic rings. The number of nitrogens with zero attached hydrogens (tertiary/aromatic N) is 1. The van der Waals surface area contributed by atoms with Crippen LogP contribution < -0.4 is 11.3 Å². The van der Waals surface area contributed by atoms with Crippen molar-refractivity contribution in [2.24, 2.45) is 5.84 Å². The van der Waals surface area contributed by atoms with Crippen LogP contribution in [0.4, 0.5) is 0 Å². The maximum atomic E-state index is 11.0. The Balaban J connectivity index is 3.69. The second kappa shape index (κ2) is 14.7. The van der Waals surface area contributed by atoms with E-state index in [0.717, 1.165) is 65.3 Å². The minimum Gasteiger partial charge on any atom is -0.380 e. The van der Waals surface area contributed by atoms with E-state index in [1.165, 1.54) is 0 Å². The molecule has 6 heteroatoms. The molecule has 3 N–H and O–H groups in total. The lowest BCUT2D eigenvalue weighted by molar-refractivity contribution is -0.121. The summed E-state index contributed by atoms with van der Waals surface area (Å²) in [5.41, 5.74) is 2.15. The highest BCUT2D eigenvalue weighted by molar-refractivity contribution is 5.74. The van der Waals surface area contributed by atoms with Gasteiger partial charge in [0.25, 0.3) is 0 Å². The zero-order valence-electron chi connectivity index (χ0n) is 13.0. The summed E-state index contributed by atoms with van der Waals surface area (Å²) in [6.45, 7) is 9.94. The number of hydrazine groups is 1. The van der Waals surface area contributed by atoms with Crippen molar-refractivity contribution in [3.8, 4) is 0 Å². The molecule has 0 saturated carbocycles. The summed E-state index contributed by atoms with van der Waals surface area (Å²) in [5, 5.41) is 0. The fourth-order valence-electron chi connectivity index (χ4n) is 1.88. The van der Waals surface area contributed by atoms with E-state index >= 15 is 0 Å². The lowest BCUT2D eigenvalue weighted by Crippen LogP contribution is -2.32. The number of hydrogen-bond acceptors (Lipinski definition) is 5. The van der Waals surface area contributed by atoms with E-state index in [-0.39, 0.29) is 5.91 Å². The molecule has 0 radical (unpaired) electrons. The van der Waals surface area contributed by atoms with Crippen molar-refractivity contribution < 1.29 is 14.3 Å². The highest BCUT2D eigenvalue weighted by Crippen LogP contribution is 2.02. The number of hydrogen-bond donors (Lipinski definition) is 2. The Hall–Kier alpha value is -0.690. The van der Waals surface area contributed by atoms with Crippen molar-refractivity contribution >= 4 is 5.91 Å². The molecule has 0 unspecified atom stereocenters. The van der Waals surface area contributed by atoms with Gasteiger partial charge in [-0.2, -0.15) is 0 Å². The van der Waals surface area contributed by atoms with E-state index in [0.29, 0.717) is 6.42 Å². The summed E-state index contributed by atoms with van der Waals surface area (Å²) in [6, 6.07) is 0. The van der Waals surface area contributed by atoms with Gasteiger partial charge in [-0.1, -0.05) is 6.42 Å². The Bertz CT molecular complexity index is 218. The lowest BCUT2D eigenvalue weighted by atomic mass is 10.2. The van der Waals surface area contributed by atoms with E-state index in [9.17, 15) is 4.79 Å². The molecule has 0 aromatic rings. The molecule has 0 rings (SSSR count). The number of carbonyl (C=O) groups excluding carboxylic acids is 1. The number of rotatable bonds is 14. The molecule has 120 valence electrons. The Morgan fingerprint density at radius 3 is 2.10 bits per heavy atom. The Kier molecular flexibility index (Phi) is 14.2. The molecule has 0 spiro atoms. The van der Waals surface area contributed by atoms with Crippen molar-refractivity contribution in [2.75, 3.05) is 46.1 Å². The van der Waals surface area contributed by atoms with E-state index in [1.807, 2.05) is 13.8 Å². The number of nitrogens with one attached hydrogen (secondary N) is 1. The number of amides is 1. The van der Waals surface area contributed by atoms with E-state index < -0.39 is 0 Å². The van der Waals surface area contributed by atoms with Crippen LogP contribution in [-0.2, 0) is 14.3 Å². The molecule has 0 aromatic heterocycles. The fraction of sp³-hybridized carbons (Fsp3) is 0.929. The van der Waals surface area contributed by atoms with Crippen LogP contribution in [0.25, 0.3) is 0 Å². The molecule has 20 heavy (non-hydrogen) atoms. The molecule has 0 heterocycles. The number of unbranched alkanes of at least 4 members (excludes halogenated alkanes) is 2. The van der Waals surface area contributed by atoms with Gasteiger partial charge in [0.15, 0.2) is 0 Å². The van der Waals surface area contributed by atoms with Gasteiger partial charge in [0.1, 0.15) is 0 Å². The second-order valence-corrected chi connectivity index (χ2v) is 4.61. The average Bonchev–Trinajstić information content (AvgIpc) is 2.46. The van der Waals surface area contributed by atoms with Crippen molar-refractivity contribution in [3.63, 3.8) is 0 Å². The van der Waals surface area contributed by atoms with Crippen LogP contribution in [0.2, 0.25) is 0 Å². The van der Waals surface area contributed by atoms with E-state index in [4.69, 9.17) is 15.3 Å². The molecule has 0 bridgehead atoms. The van der Waals surface area contributed by atoms with Gasteiger partial charge in [-0.15, -0.1) is 0 Å². The van der Waals surface area contributed by atoms with Gasteiger partial charge in [-0.25, -0.2) is 5.84 Å². The smallest absolute Gasteiger partial charge is 0.233 e. The molecule has 6 nitrogen and oxygen atoms in total. The van der Waals surface area contributed by atoms with Crippen LogP contribution in [0.15, 0.2) is 0 Å². The first kappa shape index (κ1) is 19.3. The van der Waals surface area contributed by atoms with Crippen LogP contribution in [0.3, 0.4) is 0 Å². The normalized spacial score (nSPS) is 11.0. The summed E-state index contributed by atoms with van der Waals surface area (Å²) < 4.78 is 10.8. The quantitative estimate of drug-likeness (QED) is 0.215. The predicted molar refractivity (Wildman–Crippen MR) is 80.2 cm³/mol. The number of nitrogens with two attached hydrogens (primary N) is 1. The summed E-state index contributed by atoms with van der Waals surface area (Å²) in [6.07, 6.45) is 3.51. The standard InChI is InChI=1S/C14H31N3O3/c1-3-19-12-10-17(11-13-20-4-2)9-7-5-6-8-14(18)16-15/h3-13,15H2,1-2H3,(H,16,18). The molecular weight excluding hydrogens is 258 g/mol. The van der Waals surface area contributed by atoms with Crippen LogP contribution in [-0.4, -0.2) is 56.9 Å². The monoisotopic (exact) mass is 289 g/mol. The Morgan fingerprint density at radius 2 is 1.60 bits per heavy atom. The summed E-state index contributed by atoms with van der Waals surface area (Å²) in [4.78, 5) is 13.3. The lowest BCUT2D eigenvalue weighted by Gasteiger charge is -2.22. The zero-order chi connectivity index (χ0) is 15.1. The average molecular weight is 289 g/mol. The summed E-state index contributed by atoms with van der Waals surface area (Å²) >= 11 is 0. The molecule has 1 amide bonds. The molecular formula is C14H31N3O3. The molecule has 0 atom stereocenters. The predicted octanol–water partition coefficient (Wildman–Crippen LogP) is 0.912. The van der Waals surface area contributed by atoms with Crippen LogP contribution in [0.1, 0.15) is 39.5 Å². The van der Waals surface area contributed by atoms with Crippen LogP contribution >= 0.6 is 0 Å². The SMILES string of the molecule is CCOCCN(CCCCCC(=O)NN)CCOCC. The second-order valence-electron chi connectivity index (χ2n) is 4.61. The van der Waals surface area contributed by atoms with E-state index in [1.54, 1.807) is 0 Å². The van der Waals surface area contributed by atoms with Crippen molar-refractivity contribution in [1.29, 1.82) is 0 Å². The zero-order valence-corrected chi connectivity index (χ0v) is 13.0.